The van der Waals surface area contributed by atoms with Gasteiger partial charge in [0.2, 0.25) is 0 Å². The van der Waals surface area contributed by atoms with E-state index < -0.39 is 6.10 Å². The van der Waals surface area contributed by atoms with Crippen LogP contribution in [0.3, 0.4) is 0 Å². The van der Waals surface area contributed by atoms with E-state index in [-0.39, 0.29) is 31.1 Å². The van der Waals surface area contributed by atoms with Crippen LogP contribution >= 0.6 is 0 Å². The van der Waals surface area contributed by atoms with Gasteiger partial charge in [0.05, 0.1) is 0 Å². The number of unbranched alkanes of at least 4 members (excludes halogenated alkanes) is 38. The molecular formula is C77H134O6. The zero-order valence-corrected chi connectivity index (χ0v) is 54.9. The number of esters is 3. The second-order valence-electron chi connectivity index (χ2n) is 23.8. The summed E-state index contributed by atoms with van der Waals surface area (Å²) < 4.78 is 16.9. The van der Waals surface area contributed by atoms with Gasteiger partial charge in [-0.3, -0.25) is 14.4 Å². The van der Waals surface area contributed by atoms with Gasteiger partial charge in [-0.1, -0.05) is 330 Å². The van der Waals surface area contributed by atoms with Gasteiger partial charge in [0.15, 0.2) is 6.10 Å². The van der Waals surface area contributed by atoms with Crippen LogP contribution in [0.4, 0.5) is 0 Å². The topological polar surface area (TPSA) is 78.9 Å². The van der Waals surface area contributed by atoms with E-state index in [1.54, 1.807) is 0 Å². The van der Waals surface area contributed by atoms with Crippen molar-refractivity contribution in [2.45, 2.75) is 361 Å². The molecule has 0 aliphatic heterocycles. The van der Waals surface area contributed by atoms with Gasteiger partial charge in [0.1, 0.15) is 13.2 Å². The van der Waals surface area contributed by atoms with Gasteiger partial charge in [-0.25, -0.2) is 0 Å². The molecule has 0 N–H and O–H groups in total. The Balaban J connectivity index is 4.12. The third kappa shape index (κ3) is 69.0. The van der Waals surface area contributed by atoms with Crippen LogP contribution in [-0.2, 0) is 28.6 Å². The maximum Gasteiger partial charge on any atom is 0.306 e. The molecule has 478 valence electrons. The molecule has 0 fully saturated rings. The van der Waals surface area contributed by atoms with Gasteiger partial charge >= 0.3 is 17.9 Å². The minimum atomic E-state index is -0.776. The number of rotatable bonds is 65. The van der Waals surface area contributed by atoms with Crippen molar-refractivity contribution in [1.29, 1.82) is 0 Å². The van der Waals surface area contributed by atoms with E-state index in [0.717, 1.165) is 103 Å². The number of ether oxygens (including phenoxy) is 3. The third-order valence-corrected chi connectivity index (χ3v) is 15.6. The summed E-state index contributed by atoms with van der Waals surface area (Å²) in [5, 5.41) is 0. The average molecular weight is 1160 g/mol. The summed E-state index contributed by atoms with van der Waals surface area (Å²) in [5.41, 5.74) is 0. The van der Waals surface area contributed by atoms with Crippen LogP contribution in [-0.4, -0.2) is 37.2 Å². The Labute approximate surface area is 515 Å². The van der Waals surface area contributed by atoms with Crippen molar-refractivity contribution in [2.75, 3.05) is 13.2 Å². The Morgan fingerprint density at radius 1 is 0.253 bits per heavy atom. The zero-order valence-electron chi connectivity index (χ0n) is 54.9. The second-order valence-corrected chi connectivity index (χ2v) is 23.8. The molecule has 83 heavy (non-hydrogen) atoms. The van der Waals surface area contributed by atoms with Crippen LogP contribution in [0.1, 0.15) is 355 Å². The maximum absolute atomic E-state index is 12.9. The monoisotopic (exact) mass is 1160 g/mol. The fraction of sp³-hybridized carbons (Fsp3) is 0.753. The van der Waals surface area contributed by atoms with E-state index >= 15 is 0 Å². The molecule has 1 unspecified atom stereocenters. The molecule has 0 aromatic carbocycles. The number of carbonyl (C=O) groups excluding carboxylic acids is 3. The molecule has 0 saturated carbocycles. The standard InChI is InChI=1S/C77H134O6/c1-4-7-10-13-16-19-21-23-25-27-29-31-33-34-35-36-37-38-39-40-41-42-44-45-47-49-51-53-55-58-61-64-67-70-76(79)82-73-74(72-81-75(78)69-66-63-60-57-18-15-12-9-6-3)83-77(80)71-68-65-62-59-56-54-52-50-48-46-43-32-30-28-26-24-22-20-17-14-11-8-5-2/h7,10,16,19,22-25,28-31,34-35,37-38,74H,4-6,8-9,11-15,17-18,20-21,26-27,32-33,36,39-73H2,1-3H3/b10-7-,19-16-,24-22-,25-23-,30-28-,31-29-,35-34-,38-37-. The Kier molecular flexibility index (Phi) is 67.7. The van der Waals surface area contributed by atoms with Crippen molar-refractivity contribution in [3.63, 3.8) is 0 Å². The first kappa shape index (κ1) is 79.3. The van der Waals surface area contributed by atoms with Crippen molar-refractivity contribution >= 4 is 17.9 Å². The molecule has 0 bridgehead atoms. The SMILES string of the molecule is CC/C=C\C/C=C\C/C=C\C/C=C\C/C=C\C/C=C\CCCCCCCCCCCCCCCCC(=O)OCC(COC(=O)CCCCCCCCCCC)OC(=O)CCCCCCCCCCCCC/C=C\C/C=C\CCCCCCC. The first-order valence-electron chi connectivity index (χ1n) is 35.7. The molecule has 0 heterocycles. The lowest BCUT2D eigenvalue weighted by Gasteiger charge is -2.18. The normalized spacial score (nSPS) is 12.7. The van der Waals surface area contributed by atoms with Crippen LogP contribution in [0.25, 0.3) is 0 Å². The second kappa shape index (κ2) is 70.8. The highest BCUT2D eigenvalue weighted by molar-refractivity contribution is 5.71. The lowest BCUT2D eigenvalue weighted by Crippen LogP contribution is -2.30. The first-order chi connectivity index (χ1) is 41.0. The summed E-state index contributed by atoms with van der Waals surface area (Å²) in [6.45, 7) is 6.53. The van der Waals surface area contributed by atoms with E-state index in [1.807, 2.05) is 0 Å². The Hall–Kier alpha value is -3.67. The molecule has 0 spiro atoms. The van der Waals surface area contributed by atoms with Gasteiger partial charge in [0.25, 0.3) is 0 Å². The molecule has 6 heteroatoms. The fourth-order valence-corrected chi connectivity index (χ4v) is 10.2. The molecule has 0 aromatic heterocycles. The third-order valence-electron chi connectivity index (χ3n) is 15.6. The van der Waals surface area contributed by atoms with Crippen molar-refractivity contribution in [2.24, 2.45) is 0 Å². The predicted molar refractivity (Wildman–Crippen MR) is 362 cm³/mol. The molecule has 0 aliphatic rings. The molecule has 1 atom stereocenters. The lowest BCUT2D eigenvalue weighted by molar-refractivity contribution is -0.167. The van der Waals surface area contributed by atoms with Gasteiger partial charge in [0, 0.05) is 19.3 Å². The van der Waals surface area contributed by atoms with E-state index in [9.17, 15) is 14.4 Å². The van der Waals surface area contributed by atoms with Gasteiger partial charge in [-0.15, -0.1) is 0 Å². The van der Waals surface area contributed by atoms with Crippen LogP contribution in [0.2, 0.25) is 0 Å². The molecular weight excluding hydrogens is 1020 g/mol. The highest BCUT2D eigenvalue weighted by Crippen LogP contribution is 2.17. The molecule has 0 aromatic rings. The minimum Gasteiger partial charge on any atom is -0.462 e. The lowest BCUT2D eigenvalue weighted by atomic mass is 10.0. The Morgan fingerprint density at radius 3 is 0.735 bits per heavy atom. The van der Waals surface area contributed by atoms with E-state index in [0.29, 0.717) is 19.3 Å². The van der Waals surface area contributed by atoms with E-state index in [2.05, 4.69) is 118 Å². The molecule has 0 rings (SSSR count). The molecule has 0 aliphatic carbocycles. The van der Waals surface area contributed by atoms with Crippen LogP contribution in [0, 0.1) is 0 Å². The van der Waals surface area contributed by atoms with Gasteiger partial charge < -0.3 is 14.2 Å². The van der Waals surface area contributed by atoms with Crippen molar-refractivity contribution < 1.29 is 28.6 Å². The maximum atomic E-state index is 12.9. The van der Waals surface area contributed by atoms with Crippen LogP contribution in [0.15, 0.2) is 97.2 Å². The van der Waals surface area contributed by atoms with Crippen molar-refractivity contribution in [1.82, 2.24) is 0 Å². The number of hydrogen-bond donors (Lipinski definition) is 0. The Bertz CT molecular complexity index is 1610. The molecule has 6 nitrogen and oxygen atoms in total. The van der Waals surface area contributed by atoms with E-state index in [4.69, 9.17) is 14.2 Å². The highest BCUT2D eigenvalue weighted by Gasteiger charge is 2.19. The van der Waals surface area contributed by atoms with Gasteiger partial charge in [-0.05, 0) is 103 Å². The summed E-state index contributed by atoms with van der Waals surface area (Å²) in [6, 6.07) is 0. The number of carbonyl (C=O) groups is 3. The fourth-order valence-electron chi connectivity index (χ4n) is 10.2. The Morgan fingerprint density at radius 2 is 0.470 bits per heavy atom. The van der Waals surface area contributed by atoms with Gasteiger partial charge in [-0.2, -0.15) is 0 Å². The van der Waals surface area contributed by atoms with Crippen LogP contribution in [0.5, 0.6) is 0 Å². The van der Waals surface area contributed by atoms with Crippen LogP contribution < -0.4 is 0 Å². The summed E-state index contributed by atoms with van der Waals surface area (Å²) in [7, 11) is 0. The molecule has 0 radical (unpaired) electrons. The number of hydrogen-bond acceptors (Lipinski definition) is 6. The summed E-state index contributed by atoms with van der Waals surface area (Å²) >= 11 is 0. The van der Waals surface area contributed by atoms with E-state index in [1.165, 1.54) is 212 Å². The minimum absolute atomic E-state index is 0.0735. The number of allylic oxidation sites excluding steroid dienone is 16. The summed E-state index contributed by atoms with van der Waals surface area (Å²) in [6.07, 6.45) is 95.9. The molecule has 0 amide bonds. The average Bonchev–Trinajstić information content (AvgIpc) is 3.49. The zero-order chi connectivity index (χ0) is 59.9. The smallest absolute Gasteiger partial charge is 0.306 e. The van der Waals surface area contributed by atoms with Crippen molar-refractivity contribution in [3.05, 3.63) is 97.2 Å². The quantitative estimate of drug-likeness (QED) is 0.0261. The largest absolute Gasteiger partial charge is 0.462 e. The molecule has 0 saturated heterocycles. The van der Waals surface area contributed by atoms with Crippen molar-refractivity contribution in [3.8, 4) is 0 Å². The predicted octanol–water partition coefficient (Wildman–Crippen LogP) is 24.8. The highest BCUT2D eigenvalue weighted by atomic mass is 16.6. The summed E-state index contributed by atoms with van der Waals surface area (Å²) in [5.74, 6) is -0.863. The first-order valence-corrected chi connectivity index (χ1v) is 35.7. The summed E-state index contributed by atoms with van der Waals surface area (Å²) in [4.78, 5) is 38.3.